The van der Waals surface area contributed by atoms with Gasteiger partial charge in [-0.25, -0.2) is 0 Å². The molecule has 1 aliphatic carbocycles. The lowest BCUT2D eigenvalue weighted by Gasteiger charge is -2.61. The molecule has 1 saturated carbocycles. The predicted octanol–water partition coefficient (Wildman–Crippen LogP) is 0.892. The second-order valence-corrected chi connectivity index (χ2v) is 7.92. The third-order valence-corrected chi connectivity index (χ3v) is 6.16. The number of hydrogen-bond acceptors (Lipinski definition) is 4. The summed E-state index contributed by atoms with van der Waals surface area (Å²) in [6.07, 6.45) is 3.19. The number of likely N-dealkylation sites (tertiary alicyclic amines) is 1. The molecule has 120 valence electrons. The van der Waals surface area contributed by atoms with Crippen LogP contribution in [-0.4, -0.2) is 52.9 Å². The van der Waals surface area contributed by atoms with Crippen molar-refractivity contribution in [2.45, 2.75) is 63.7 Å². The molecule has 2 aliphatic heterocycles. The van der Waals surface area contributed by atoms with E-state index in [0.717, 1.165) is 19.3 Å². The number of fused-ring (bicyclic) bond motifs is 1. The Bertz CT molecular complexity index is 449. The molecule has 0 radical (unpaired) electrons. The van der Waals surface area contributed by atoms with Gasteiger partial charge < -0.3 is 20.5 Å². The summed E-state index contributed by atoms with van der Waals surface area (Å²) in [5, 5.41) is 10.2. The zero-order chi connectivity index (χ0) is 15.5. The van der Waals surface area contributed by atoms with Crippen LogP contribution in [0.3, 0.4) is 0 Å². The smallest absolute Gasteiger partial charge is 0.243 e. The van der Waals surface area contributed by atoms with Gasteiger partial charge in [-0.15, -0.1) is 0 Å². The largest absolute Gasteiger partial charge is 0.390 e. The van der Waals surface area contributed by atoms with Crippen LogP contribution >= 0.6 is 0 Å². The first kappa shape index (κ1) is 15.3. The van der Waals surface area contributed by atoms with Gasteiger partial charge in [0.1, 0.15) is 5.54 Å². The van der Waals surface area contributed by atoms with Gasteiger partial charge in [-0.05, 0) is 32.6 Å². The fraction of sp³-hybridized carbons (Fsp3) is 0.938. The Kier molecular flexibility index (Phi) is 3.39. The molecule has 1 amide bonds. The van der Waals surface area contributed by atoms with Crippen LogP contribution in [0.25, 0.3) is 0 Å². The zero-order valence-corrected chi connectivity index (χ0v) is 13.4. The second-order valence-electron chi connectivity index (χ2n) is 7.92. The quantitative estimate of drug-likeness (QED) is 0.753. The highest BCUT2D eigenvalue weighted by atomic mass is 16.5. The standard InChI is InChI=1S/C16H28N2O3/c1-14(2)12-11(5-10-21-12)16(14,17)13(19)18-8-4-6-15(3,20)7-9-18/h11-12,20H,4-10,17H2,1-3H3. The Balaban J connectivity index is 1.78. The van der Waals surface area contributed by atoms with Crippen molar-refractivity contribution in [2.75, 3.05) is 19.7 Å². The number of ether oxygens (including phenoxy) is 1. The second kappa shape index (κ2) is 4.67. The summed E-state index contributed by atoms with van der Waals surface area (Å²) in [7, 11) is 0. The lowest BCUT2D eigenvalue weighted by Crippen LogP contribution is -2.80. The van der Waals surface area contributed by atoms with Gasteiger partial charge in [0, 0.05) is 31.0 Å². The van der Waals surface area contributed by atoms with Crippen LogP contribution in [0.2, 0.25) is 0 Å². The lowest BCUT2D eigenvalue weighted by molar-refractivity contribution is -0.184. The minimum Gasteiger partial charge on any atom is -0.390 e. The van der Waals surface area contributed by atoms with E-state index in [2.05, 4.69) is 0 Å². The van der Waals surface area contributed by atoms with Crippen LogP contribution in [0.4, 0.5) is 0 Å². The molecule has 0 spiro atoms. The first-order valence-electron chi connectivity index (χ1n) is 8.12. The minimum atomic E-state index is -0.815. The third kappa shape index (κ3) is 2.05. The molecule has 4 atom stereocenters. The number of aliphatic hydroxyl groups is 1. The van der Waals surface area contributed by atoms with Crippen molar-refractivity contribution in [1.29, 1.82) is 0 Å². The highest BCUT2D eigenvalue weighted by molar-refractivity contribution is 5.89. The first-order chi connectivity index (χ1) is 9.70. The maximum absolute atomic E-state index is 13.1. The van der Waals surface area contributed by atoms with Crippen LogP contribution in [0, 0.1) is 11.3 Å². The highest BCUT2D eigenvalue weighted by Crippen LogP contribution is 2.58. The molecular formula is C16H28N2O3. The highest BCUT2D eigenvalue weighted by Gasteiger charge is 2.71. The molecule has 2 heterocycles. The first-order valence-corrected chi connectivity index (χ1v) is 8.12. The number of nitrogens with zero attached hydrogens (tertiary/aromatic N) is 1. The van der Waals surface area contributed by atoms with E-state index < -0.39 is 11.1 Å². The van der Waals surface area contributed by atoms with Crippen molar-refractivity contribution in [1.82, 2.24) is 4.90 Å². The van der Waals surface area contributed by atoms with Gasteiger partial charge in [0.15, 0.2) is 0 Å². The van der Waals surface area contributed by atoms with Gasteiger partial charge in [-0.2, -0.15) is 0 Å². The van der Waals surface area contributed by atoms with Crippen molar-refractivity contribution >= 4 is 5.91 Å². The molecular weight excluding hydrogens is 268 g/mol. The van der Waals surface area contributed by atoms with Crippen LogP contribution < -0.4 is 5.73 Å². The molecule has 5 nitrogen and oxygen atoms in total. The Morgan fingerprint density at radius 1 is 1.29 bits per heavy atom. The Labute approximate surface area is 126 Å². The summed E-state index contributed by atoms with van der Waals surface area (Å²) in [6.45, 7) is 7.95. The van der Waals surface area contributed by atoms with Crippen molar-refractivity contribution in [3.8, 4) is 0 Å². The molecule has 3 aliphatic rings. The van der Waals surface area contributed by atoms with Gasteiger partial charge in [0.2, 0.25) is 5.91 Å². The molecule has 4 unspecified atom stereocenters. The molecule has 3 N–H and O–H groups in total. The average molecular weight is 296 g/mol. The summed E-state index contributed by atoms with van der Waals surface area (Å²) in [5.74, 6) is 0.195. The minimum absolute atomic E-state index is 0.0527. The molecule has 2 saturated heterocycles. The molecule has 5 heteroatoms. The number of carbonyl (C=O) groups is 1. The molecule has 0 aromatic heterocycles. The van der Waals surface area contributed by atoms with E-state index in [-0.39, 0.29) is 23.3 Å². The van der Waals surface area contributed by atoms with E-state index in [0.29, 0.717) is 26.1 Å². The fourth-order valence-electron chi connectivity index (χ4n) is 4.55. The number of nitrogens with two attached hydrogens (primary N) is 1. The number of carbonyl (C=O) groups excluding carboxylic acids is 1. The predicted molar refractivity (Wildman–Crippen MR) is 79.6 cm³/mol. The molecule has 3 fully saturated rings. The van der Waals surface area contributed by atoms with Gasteiger partial charge in [-0.1, -0.05) is 13.8 Å². The van der Waals surface area contributed by atoms with E-state index >= 15 is 0 Å². The van der Waals surface area contributed by atoms with Crippen molar-refractivity contribution in [3.63, 3.8) is 0 Å². The SMILES string of the molecule is CC1(O)CCCN(C(=O)C2(N)C3CCOC3C2(C)C)CC1. The summed E-state index contributed by atoms with van der Waals surface area (Å²) in [6, 6.07) is 0. The Hall–Kier alpha value is -0.650. The van der Waals surface area contributed by atoms with Crippen LogP contribution in [-0.2, 0) is 9.53 Å². The topological polar surface area (TPSA) is 75.8 Å². The zero-order valence-electron chi connectivity index (χ0n) is 13.4. The van der Waals surface area contributed by atoms with E-state index in [1.165, 1.54) is 0 Å². The Morgan fingerprint density at radius 2 is 2.00 bits per heavy atom. The van der Waals surface area contributed by atoms with Crippen molar-refractivity contribution in [2.24, 2.45) is 17.1 Å². The summed E-state index contributed by atoms with van der Waals surface area (Å²) in [4.78, 5) is 15.0. The monoisotopic (exact) mass is 296 g/mol. The molecule has 3 rings (SSSR count). The van der Waals surface area contributed by atoms with Crippen molar-refractivity contribution < 1.29 is 14.6 Å². The molecule has 0 bridgehead atoms. The maximum Gasteiger partial charge on any atom is 0.243 e. The molecule has 0 aromatic carbocycles. The Morgan fingerprint density at radius 3 is 2.71 bits per heavy atom. The third-order valence-electron chi connectivity index (χ3n) is 6.16. The lowest BCUT2D eigenvalue weighted by atomic mass is 9.47. The maximum atomic E-state index is 13.1. The normalized spacial score (nSPS) is 45.7. The van der Waals surface area contributed by atoms with E-state index in [1.807, 2.05) is 25.7 Å². The van der Waals surface area contributed by atoms with Crippen LogP contribution in [0.5, 0.6) is 0 Å². The fourth-order valence-corrected chi connectivity index (χ4v) is 4.55. The summed E-state index contributed by atoms with van der Waals surface area (Å²) >= 11 is 0. The van der Waals surface area contributed by atoms with Gasteiger partial charge in [-0.3, -0.25) is 4.79 Å². The van der Waals surface area contributed by atoms with Gasteiger partial charge >= 0.3 is 0 Å². The number of rotatable bonds is 1. The molecule has 0 aromatic rings. The summed E-state index contributed by atoms with van der Waals surface area (Å²) < 4.78 is 5.77. The number of hydrogen-bond donors (Lipinski definition) is 2. The average Bonchev–Trinajstić information content (AvgIpc) is 2.81. The van der Waals surface area contributed by atoms with Crippen LogP contribution in [0.1, 0.15) is 46.5 Å². The van der Waals surface area contributed by atoms with E-state index in [9.17, 15) is 9.90 Å². The summed E-state index contributed by atoms with van der Waals surface area (Å²) in [5.41, 5.74) is 4.83. The van der Waals surface area contributed by atoms with E-state index in [1.54, 1.807) is 0 Å². The molecule has 21 heavy (non-hydrogen) atoms. The van der Waals surface area contributed by atoms with Crippen molar-refractivity contribution in [3.05, 3.63) is 0 Å². The van der Waals surface area contributed by atoms with Gasteiger partial charge in [0.05, 0.1) is 11.7 Å². The van der Waals surface area contributed by atoms with Gasteiger partial charge in [0.25, 0.3) is 0 Å². The van der Waals surface area contributed by atoms with E-state index in [4.69, 9.17) is 10.5 Å². The van der Waals surface area contributed by atoms with Crippen LogP contribution in [0.15, 0.2) is 0 Å². The number of amides is 1.